The van der Waals surface area contributed by atoms with Gasteiger partial charge in [0.15, 0.2) is 5.11 Å². The molecule has 0 bridgehead atoms. The van der Waals surface area contributed by atoms with Gasteiger partial charge in [0.05, 0.1) is 36.9 Å². The number of carbonyl (C=O) groups is 1. The number of carbonyl (C=O) groups excluding carboxylic acids is 1. The first-order valence-corrected chi connectivity index (χ1v) is 8.57. The van der Waals surface area contributed by atoms with Crippen LogP contribution in [0.25, 0.3) is 0 Å². The minimum absolute atomic E-state index is 0.183. The highest BCUT2D eigenvalue weighted by Crippen LogP contribution is 2.35. The van der Waals surface area contributed by atoms with Crippen LogP contribution in [-0.4, -0.2) is 42.8 Å². The van der Waals surface area contributed by atoms with Crippen LogP contribution in [0.3, 0.4) is 0 Å². The van der Waals surface area contributed by atoms with Crippen LogP contribution in [0.15, 0.2) is 35.5 Å². The monoisotopic (exact) mass is 402 g/mol. The molecule has 5 nitrogen and oxygen atoms in total. The topological polar surface area (TPSA) is 50.8 Å². The van der Waals surface area contributed by atoms with Gasteiger partial charge in [0.1, 0.15) is 0 Å². The second kappa shape index (κ2) is 8.26. The molecule has 1 N–H and O–H groups in total. The molecule has 1 aromatic carbocycles. The fourth-order valence-electron chi connectivity index (χ4n) is 3.12. The third kappa shape index (κ3) is 4.41. The van der Waals surface area contributed by atoms with Crippen LogP contribution in [0.1, 0.15) is 31.0 Å². The van der Waals surface area contributed by atoms with E-state index in [0.717, 1.165) is 12.1 Å². The van der Waals surface area contributed by atoms with Crippen LogP contribution in [0, 0.1) is 0 Å². The zero-order chi connectivity index (χ0) is 20.4. The number of esters is 1. The molecule has 1 aliphatic heterocycles. The quantitative estimate of drug-likeness (QED) is 0.602. The van der Waals surface area contributed by atoms with Gasteiger partial charge >= 0.3 is 12.1 Å². The molecule has 0 aromatic heterocycles. The summed E-state index contributed by atoms with van der Waals surface area (Å²) in [6.45, 7) is 3.90. The highest BCUT2D eigenvalue weighted by atomic mass is 32.1. The van der Waals surface area contributed by atoms with Crippen molar-refractivity contribution in [3.63, 3.8) is 0 Å². The largest absolute Gasteiger partial charge is 0.466 e. The number of alkyl halides is 3. The van der Waals surface area contributed by atoms with Crippen molar-refractivity contribution in [1.82, 2.24) is 10.2 Å². The van der Waals surface area contributed by atoms with Crippen molar-refractivity contribution >= 4 is 23.3 Å². The van der Waals surface area contributed by atoms with E-state index in [1.54, 1.807) is 18.9 Å². The molecule has 0 aliphatic carbocycles. The van der Waals surface area contributed by atoms with E-state index in [4.69, 9.17) is 21.7 Å². The summed E-state index contributed by atoms with van der Waals surface area (Å²) in [5.41, 5.74) is 0.182. The van der Waals surface area contributed by atoms with Crippen LogP contribution in [0.5, 0.6) is 0 Å². The molecule has 0 unspecified atom stereocenters. The van der Waals surface area contributed by atoms with Gasteiger partial charge in [-0.1, -0.05) is 12.1 Å². The first-order valence-electron chi connectivity index (χ1n) is 8.16. The zero-order valence-corrected chi connectivity index (χ0v) is 16.2. The molecule has 0 saturated carbocycles. The summed E-state index contributed by atoms with van der Waals surface area (Å²) in [6, 6.07) is 3.76. The van der Waals surface area contributed by atoms with Crippen molar-refractivity contribution < 1.29 is 27.4 Å². The van der Waals surface area contributed by atoms with Gasteiger partial charge in [-0.2, -0.15) is 13.2 Å². The van der Waals surface area contributed by atoms with E-state index in [1.165, 1.54) is 19.2 Å². The third-order valence-electron chi connectivity index (χ3n) is 4.33. The number of rotatable bonds is 5. The minimum Gasteiger partial charge on any atom is -0.466 e. The van der Waals surface area contributed by atoms with Gasteiger partial charge in [0.2, 0.25) is 0 Å². The minimum atomic E-state index is -4.49. The molecule has 0 amide bonds. The van der Waals surface area contributed by atoms with Crippen molar-refractivity contribution in [2.24, 2.45) is 0 Å². The second-order valence-electron chi connectivity index (χ2n) is 6.17. The Balaban J connectivity index is 2.57. The Hall–Kier alpha value is -2.13. The molecular weight excluding hydrogens is 381 g/mol. The number of hydrogen-bond acceptors (Lipinski definition) is 4. The summed E-state index contributed by atoms with van der Waals surface area (Å²) in [6.07, 6.45) is -4.49. The third-order valence-corrected chi connectivity index (χ3v) is 4.64. The number of nitrogens with one attached hydrogen (secondary N) is 1. The highest BCUT2D eigenvalue weighted by molar-refractivity contribution is 7.80. The van der Waals surface area contributed by atoms with Crippen molar-refractivity contribution in [2.45, 2.75) is 32.1 Å². The molecule has 0 fully saturated rings. The van der Waals surface area contributed by atoms with Crippen molar-refractivity contribution in [1.29, 1.82) is 0 Å². The number of halogens is 3. The Labute approximate surface area is 161 Å². The fraction of sp³-hybridized carbons (Fsp3) is 0.444. The predicted molar refractivity (Wildman–Crippen MR) is 97.8 cm³/mol. The molecule has 0 spiro atoms. The van der Waals surface area contributed by atoms with Gasteiger partial charge in [0.25, 0.3) is 0 Å². The van der Waals surface area contributed by atoms with E-state index in [9.17, 15) is 18.0 Å². The molecule has 148 valence electrons. The van der Waals surface area contributed by atoms with Gasteiger partial charge in [-0.15, -0.1) is 0 Å². The van der Waals surface area contributed by atoms with Crippen LogP contribution in [-0.2, 0) is 20.4 Å². The second-order valence-corrected chi connectivity index (χ2v) is 6.56. The molecule has 27 heavy (non-hydrogen) atoms. The Morgan fingerprint density at radius 1 is 1.37 bits per heavy atom. The number of nitrogens with zero attached hydrogens (tertiary/aromatic N) is 1. The summed E-state index contributed by atoms with van der Waals surface area (Å²) in [7, 11) is 2.77. The lowest BCUT2D eigenvalue weighted by Gasteiger charge is -2.40. The molecule has 2 rings (SSSR count). The van der Waals surface area contributed by atoms with E-state index in [2.05, 4.69) is 5.32 Å². The molecule has 1 heterocycles. The van der Waals surface area contributed by atoms with Gasteiger partial charge in [-0.05, 0) is 43.8 Å². The molecule has 2 atom stereocenters. The Bertz CT molecular complexity index is 764. The summed E-state index contributed by atoms with van der Waals surface area (Å²) in [5.74, 6) is -0.639. The lowest BCUT2D eigenvalue weighted by molar-refractivity contribution is -0.137. The zero-order valence-electron chi connectivity index (χ0n) is 15.4. The molecular formula is C18H21F3N2O3S. The van der Waals surface area contributed by atoms with Gasteiger partial charge in [-0.3, -0.25) is 0 Å². The molecule has 1 aliphatic rings. The lowest BCUT2D eigenvalue weighted by atomic mass is 9.93. The Morgan fingerprint density at radius 3 is 2.59 bits per heavy atom. The van der Waals surface area contributed by atoms with Crippen LogP contribution in [0.4, 0.5) is 13.2 Å². The van der Waals surface area contributed by atoms with E-state index < -0.39 is 23.8 Å². The standard InChI is InChI=1S/C18H21F3N2O3S/c1-10(9-25-3)23-11(2)14(16(24)26-4)15(22-17(23)27)12-6-5-7-13(8-12)18(19,20)21/h5-8,10,15H,9H2,1-4H3,(H,22,27)/t10-,15+/m1/s1. The van der Waals surface area contributed by atoms with Gasteiger partial charge in [0, 0.05) is 12.8 Å². The first-order chi connectivity index (χ1) is 12.6. The molecule has 0 saturated heterocycles. The van der Waals surface area contributed by atoms with E-state index in [-0.39, 0.29) is 17.2 Å². The number of benzene rings is 1. The molecule has 1 aromatic rings. The summed E-state index contributed by atoms with van der Waals surface area (Å²) in [4.78, 5) is 14.1. The number of allylic oxidation sites excluding steroid dienone is 1. The number of ether oxygens (including phenoxy) is 2. The van der Waals surface area contributed by atoms with Crippen LogP contribution in [0.2, 0.25) is 0 Å². The fourth-order valence-corrected chi connectivity index (χ4v) is 3.56. The maximum absolute atomic E-state index is 13.1. The average molecular weight is 402 g/mol. The maximum Gasteiger partial charge on any atom is 0.416 e. The number of methoxy groups -OCH3 is 2. The normalized spacial score (nSPS) is 19.0. The summed E-state index contributed by atoms with van der Waals surface area (Å²) < 4.78 is 49.3. The highest BCUT2D eigenvalue weighted by Gasteiger charge is 2.37. The summed E-state index contributed by atoms with van der Waals surface area (Å²) >= 11 is 5.40. The molecule has 0 radical (unpaired) electrons. The number of thiocarbonyl (C=S) groups is 1. The number of hydrogen-bond donors (Lipinski definition) is 1. The van der Waals surface area contributed by atoms with Crippen LogP contribution < -0.4 is 5.32 Å². The SMILES string of the molecule is COC[C@@H](C)N1C(=S)N[C@@H](c2cccc(C(F)(F)F)c2)C(C(=O)OC)=C1C. The van der Waals surface area contributed by atoms with E-state index in [1.807, 2.05) is 6.92 Å². The van der Waals surface area contributed by atoms with Crippen molar-refractivity contribution in [3.8, 4) is 0 Å². The van der Waals surface area contributed by atoms with Crippen molar-refractivity contribution in [3.05, 3.63) is 46.7 Å². The predicted octanol–water partition coefficient (Wildman–Crippen LogP) is 3.42. The van der Waals surface area contributed by atoms with Crippen LogP contribution >= 0.6 is 12.2 Å². The summed E-state index contributed by atoms with van der Waals surface area (Å²) in [5, 5.41) is 3.27. The van der Waals surface area contributed by atoms with Gasteiger partial charge < -0.3 is 19.7 Å². The molecule has 9 heteroatoms. The average Bonchev–Trinajstić information content (AvgIpc) is 2.60. The lowest BCUT2D eigenvalue weighted by Crippen LogP contribution is -2.52. The Kier molecular flexibility index (Phi) is 6.48. The van der Waals surface area contributed by atoms with Gasteiger partial charge in [-0.25, -0.2) is 4.79 Å². The van der Waals surface area contributed by atoms with Crippen molar-refractivity contribution in [2.75, 3.05) is 20.8 Å². The van der Waals surface area contributed by atoms with E-state index >= 15 is 0 Å². The van der Waals surface area contributed by atoms with E-state index in [0.29, 0.717) is 17.4 Å². The maximum atomic E-state index is 13.1. The first kappa shape index (κ1) is 21.2. The Morgan fingerprint density at radius 2 is 2.04 bits per heavy atom. The smallest absolute Gasteiger partial charge is 0.416 e.